The van der Waals surface area contributed by atoms with E-state index in [4.69, 9.17) is 0 Å². The third kappa shape index (κ3) is 3.48. The Morgan fingerprint density at radius 2 is 1.92 bits per heavy atom. The van der Waals surface area contributed by atoms with Crippen LogP contribution < -0.4 is 5.32 Å². The molecule has 1 nitrogen and oxygen atoms in total. The van der Waals surface area contributed by atoms with Gasteiger partial charge in [-0.15, -0.1) is 0 Å². The maximum atomic E-state index is 12.4. The molecule has 1 atom stereocenters. The molecule has 0 rings (SSSR count). The summed E-state index contributed by atoms with van der Waals surface area (Å²) >= 11 is 0. The first kappa shape index (κ1) is 11.8. The number of unbranched alkanes of at least 4 members (excludes halogenated alkanes) is 2. The van der Waals surface area contributed by atoms with Crippen LogP contribution in [0.25, 0.3) is 0 Å². The molecule has 0 radical (unpaired) electrons. The highest BCUT2D eigenvalue weighted by Crippen LogP contribution is 2.21. The van der Waals surface area contributed by atoms with Crippen LogP contribution in [0.1, 0.15) is 39.5 Å². The first-order chi connectivity index (χ1) is 5.56. The van der Waals surface area contributed by atoms with Crippen LogP contribution in [0, 0.1) is 0 Å². The van der Waals surface area contributed by atoms with Gasteiger partial charge in [0.1, 0.15) is 0 Å². The lowest BCUT2D eigenvalue weighted by Gasteiger charge is -2.28. The minimum Gasteiger partial charge on any atom is -0.310 e. The Kier molecular flexibility index (Phi) is 5.38. The zero-order chi connectivity index (χ0) is 9.61. The Morgan fingerprint density at radius 1 is 1.33 bits per heavy atom. The standard InChI is InChI=1S/C9H19F2N/c1-4-5-6-7-9(2,12-3)8(10)11/h8,12H,4-7H2,1-3H3. The molecule has 1 N–H and O–H groups in total. The van der Waals surface area contributed by atoms with Crippen molar-refractivity contribution < 1.29 is 8.78 Å². The molecule has 0 spiro atoms. The molecule has 74 valence electrons. The van der Waals surface area contributed by atoms with E-state index in [1.54, 1.807) is 14.0 Å². The summed E-state index contributed by atoms with van der Waals surface area (Å²) in [5.41, 5.74) is -0.991. The van der Waals surface area contributed by atoms with Crippen molar-refractivity contribution in [3.63, 3.8) is 0 Å². The average Bonchev–Trinajstić information content (AvgIpc) is 2.04. The Hall–Kier alpha value is -0.180. The van der Waals surface area contributed by atoms with E-state index in [1.807, 2.05) is 0 Å². The van der Waals surface area contributed by atoms with E-state index in [0.717, 1.165) is 19.3 Å². The number of hydrogen-bond donors (Lipinski definition) is 1. The quantitative estimate of drug-likeness (QED) is 0.618. The number of nitrogens with one attached hydrogen (secondary N) is 1. The number of hydrogen-bond acceptors (Lipinski definition) is 1. The molecule has 12 heavy (non-hydrogen) atoms. The van der Waals surface area contributed by atoms with Gasteiger partial charge >= 0.3 is 0 Å². The number of halogens is 2. The van der Waals surface area contributed by atoms with Crippen molar-refractivity contribution in [3.05, 3.63) is 0 Å². The van der Waals surface area contributed by atoms with E-state index in [1.165, 1.54) is 0 Å². The van der Waals surface area contributed by atoms with Gasteiger partial charge in [-0.25, -0.2) is 8.78 Å². The highest BCUT2D eigenvalue weighted by molar-refractivity contribution is 4.83. The average molecular weight is 179 g/mol. The molecule has 0 aromatic heterocycles. The molecule has 1 unspecified atom stereocenters. The van der Waals surface area contributed by atoms with Crippen molar-refractivity contribution >= 4 is 0 Å². The summed E-state index contributed by atoms with van der Waals surface area (Å²) in [4.78, 5) is 0. The van der Waals surface area contributed by atoms with Gasteiger partial charge in [-0.05, 0) is 20.4 Å². The molecule has 0 amide bonds. The second-order valence-electron chi connectivity index (χ2n) is 3.43. The smallest absolute Gasteiger partial charge is 0.256 e. The molecule has 0 fully saturated rings. The maximum absolute atomic E-state index is 12.4. The van der Waals surface area contributed by atoms with E-state index < -0.39 is 12.0 Å². The molecule has 0 saturated heterocycles. The Morgan fingerprint density at radius 3 is 2.25 bits per heavy atom. The highest BCUT2D eigenvalue weighted by Gasteiger charge is 2.31. The van der Waals surface area contributed by atoms with Gasteiger partial charge in [0, 0.05) is 0 Å². The highest BCUT2D eigenvalue weighted by atomic mass is 19.3. The van der Waals surface area contributed by atoms with Gasteiger partial charge in [-0.1, -0.05) is 26.2 Å². The van der Waals surface area contributed by atoms with Crippen LogP contribution in [0.3, 0.4) is 0 Å². The summed E-state index contributed by atoms with van der Waals surface area (Å²) in [7, 11) is 1.60. The first-order valence-corrected chi connectivity index (χ1v) is 4.54. The number of rotatable bonds is 6. The zero-order valence-corrected chi connectivity index (χ0v) is 8.16. The minimum atomic E-state index is -2.28. The maximum Gasteiger partial charge on any atom is 0.256 e. The van der Waals surface area contributed by atoms with E-state index in [-0.39, 0.29) is 0 Å². The van der Waals surface area contributed by atoms with Gasteiger partial charge in [0.15, 0.2) is 0 Å². The second-order valence-corrected chi connectivity index (χ2v) is 3.43. The second kappa shape index (κ2) is 5.46. The van der Waals surface area contributed by atoms with Gasteiger partial charge in [0.25, 0.3) is 6.43 Å². The molecule has 0 aliphatic heterocycles. The lowest BCUT2D eigenvalue weighted by molar-refractivity contribution is 0.0384. The topological polar surface area (TPSA) is 12.0 Å². The van der Waals surface area contributed by atoms with Crippen molar-refractivity contribution in [1.82, 2.24) is 5.32 Å². The van der Waals surface area contributed by atoms with Gasteiger partial charge in [0.2, 0.25) is 0 Å². The van der Waals surface area contributed by atoms with Crippen molar-refractivity contribution in [3.8, 4) is 0 Å². The summed E-state index contributed by atoms with van der Waals surface area (Å²) in [6.45, 7) is 3.65. The summed E-state index contributed by atoms with van der Waals surface area (Å²) in [5, 5.41) is 2.69. The van der Waals surface area contributed by atoms with E-state index in [9.17, 15) is 8.78 Å². The van der Waals surface area contributed by atoms with Crippen LogP contribution in [0.15, 0.2) is 0 Å². The van der Waals surface area contributed by atoms with E-state index in [0.29, 0.717) is 6.42 Å². The van der Waals surface area contributed by atoms with Crippen LogP contribution in [0.2, 0.25) is 0 Å². The molecule has 0 aromatic carbocycles. The van der Waals surface area contributed by atoms with Gasteiger partial charge in [0.05, 0.1) is 5.54 Å². The fourth-order valence-electron chi connectivity index (χ4n) is 1.09. The van der Waals surface area contributed by atoms with Crippen molar-refractivity contribution in [2.45, 2.75) is 51.5 Å². The molecular weight excluding hydrogens is 160 g/mol. The number of alkyl halides is 2. The monoisotopic (exact) mass is 179 g/mol. The van der Waals surface area contributed by atoms with Gasteiger partial charge in [-0.3, -0.25) is 0 Å². The van der Waals surface area contributed by atoms with Crippen molar-refractivity contribution in [1.29, 1.82) is 0 Å². The molecule has 0 saturated carbocycles. The van der Waals surface area contributed by atoms with Gasteiger partial charge < -0.3 is 5.32 Å². The molecule has 3 heteroatoms. The fraction of sp³-hybridized carbons (Fsp3) is 1.00. The molecule has 0 heterocycles. The third-order valence-electron chi connectivity index (χ3n) is 2.35. The summed E-state index contributed by atoms with van der Waals surface area (Å²) < 4.78 is 24.9. The summed E-state index contributed by atoms with van der Waals surface area (Å²) in [6, 6.07) is 0. The molecule has 0 aromatic rings. The van der Waals surface area contributed by atoms with Crippen LogP contribution in [-0.2, 0) is 0 Å². The molecule has 0 bridgehead atoms. The third-order valence-corrected chi connectivity index (χ3v) is 2.35. The van der Waals surface area contributed by atoms with Crippen LogP contribution in [0.4, 0.5) is 8.78 Å². The molecule has 0 aliphatic rings. The molecule has 0 aliphatic carbocycles. The largest absolute Gasteiger partial charge is 0.310 e. The summed E-state index contributed by atoms with van der Waals surface area (Å²) in [6.07, 6.45) is 1.25. The summed E-state index contributed by atoms with van der Waals surface area (Å²) in [5.74, 6) is 0. The SMILES string of the molecule is CCCCCC(C)(NC)C(F)F. The Bertz CT molecular complexity index is 117. The fourth-order valence-corrected chi connectivity index (χ4v) is 1.09. The van der Waals surface area contributed by atoms with Crippen molar-refractivity contribution in [2.75, 3.05) is 7.05 Å². The van der Waals surface area contributed by atoms with Crippen LogP contribution in [0.5, 0.6) is 0 Å². The normalized spacial score (nSPS) is 16.5. The predicted molar refractivity (Wildman–Crippen MR) is 47.6 cm³/mol. The first-order valence-electron chi connectivity index (χ1n) is 4.54. The lowest BCUT2D eigenvalue weighted by Crippen LogP contribution is -2.46. The van der Waals surface area contributed by atoms with Crippen LogP contribution >= 0.6 is 0 Å². The van der Waals surface area contributed by atoms with E-state index >= 15 is 0 Å². The molecular formula is C9H19F2N. The van der Waals surface area contributed by atoms with Crippen molar-refractivity contribution in [2.24, 2.45) is 0 Å². The Labute approximate surface area is 73.5 Å². The van der Waals surface area contributed by atoms with Crippen LogP contribution in [-0.4, -0.2) is 19.0 Å². The predicted octanol–water partition coefficient (Wildman–Crippen LogP) is 2.81. The van der Waals surface area contributed by atoms with Gasteiger partial charge in [-0.2, -0.15) is 0 Å². The van der Waals surface area contributed by atoms with E-state index in [2.05, 4.69) is 12.2 Å². The zero-order valence-electron chi connectivity index (χ0n) is 8.16. The minimum absolute atomic E-state index is 0.551. The Balaban J connectivity index is 3.80. The lowest BCUT2D eigenvalue weighted by atomic mass is 9.95.